The Bertz CT molecular complexity index is 263. The van der Waals surface area contributed by atoms with Crippen molar-refractivity contribution in [3.63, 3.8) is 0 Å². The van der Waals surface area contributed by atoms with Crippen LogP contribution in [0.5, 0.6) is 0 Å². The van der Waals surface area contributed by atoms with Gasteiger partial charge in [-0.05, 0) is 12.8 Å². The molecule has 5 nitrogen and oxygen atoms in total. The lowest BCUT2D eigenvalue weighted by molar-refractivity contribution is -0.275. The number of carbonyl (C=O) groups excluding carboxylic acids is 2. The number of unbranched alkanes of at least 4 members (excludes halogenated alkanes) is 8. The molecule has 0 aromatic rings. The molecule has 0 unspecified atom stereocenters. The molecule has 0 aliphatic heterocycles. The molecule has 0 aliphatic carbocycles. The standard InChI is InChI=1S/C18H34O5/c1-3-5-7-9-11-13-17(19)21-15-16-22-23-18(20)14-12-10-8-6-4-2/h3-16H2,1-2H3. The van der Waals surface area contributed by atoms with Crippen LogP contribution in [0.4, 0.5) is 0 Å². The van der Waals surface area contributed by atoms with E-state index in [0.29, 0.717) is 12.8 Å². The second-order valence-electron chi connectivity index (χ2n) is 5.83. The molecular weight excluding hydrogens is 296 g/mol. The van der Waals surface area contributed by atoms with E-state index in [4.69, 9.17) is 9.62 Å². The first-order valence-corrected chi connectivity index (χ1v) is 9.18. The van der Waals surface area contributed by atoms with Crippen LogP contribution < -0.4 is 0 Å². The Kier molecular flexibility index (Phi) is 16.4. The first-order chi connectivity index (χ1) is 11.2. The van der Waals surface area contributed by atoms with Gasteiger partial charge in [-0.15, -0.1) is 0 Å². The topological polar surface area (TPSA) is 61.8 Å². The highest BCUT2D eigenvalue weighted by molar-refractivity contribution is 5.69. The van der Waals surface area contributed by atoms with Crippen molar-refractivity contribution < 1.29 is 24.1 Å². The highest BCUT2D eigenvalue weighted by Crippen LogP contribution is 2.06. The van der Waals surface area contributed by atoms with E-state index in [1.165, 1.54) is 32.1 Å². The van der Waals surface area contributed by atoms with Gasteiger partial charge in [-0.25, -0.2) is 4.79 Å². The zero-order chi connectivity index (χ0) is 17.2. The summed E-state index contributed by atoms with van der Waals surface area (Å²) in [5, 5.41) is 0. The average Bonchev–Trinajstić information content (AvgIpc) is 2.54. The van der Waals surface area contributed by atoms with Gasteiger partial charge < -0.3 is 4.74 Å². The summed E-state index contributed by atoms with van der Waals surface area (Å²) in [5.41, 5.74) is 0. The number of rotatable bonds is 16. The van der Waals surface area contributed by atoms with Crippen LogP contribution in [-0.4, -0.2) is 25.2 Å². The monoisotopic (exact) mass is 330 g/mol. The van der Waals surface area contributed by atoms with Gasteiger partial charge in [0.05, 0.1) is 0 Å². The fraction of sp³-hybridized carbons (Fsp3) is 0.889. The van der Waals surface area contributed by atoms with Gasteiger partial charge in [0.15, 0.2) is 0 Å². The van der Waals surface area contributed by atoms with Crippen molar-refractivity contribution in [2.45, 2.75) is 90.9 Å². The molecule has 0 N–H and O–H groups in total. The lowest BCUT2D eigenvalue weighted by Crippen LogP contribution is -2.13. The molecular formula is C18H34O5. The first kappa shape index (κ1) is 21.9. The molecule has 0 aromatic carbocycles. The van der Waals surface area contributed by atoms with Crippen molar-refractivity contribution in [1.82, 2.24) is 0 Å². The Morgan fingerprint density at radius 3 is 1.74 bits per heavy atom. The van der Waals surface area contributed by atoms with Crippen LogP contribution in [0.15, 0.2) is 0 Å². The Morgan fingerprint density at radius 2 is 1.17 bits per heavy atom. The molecule has 0 radical (unpaired) electrons. The van der Waals surface area contributed by atoms with Gasteiger partial charge in [0, 0.05) is 12.8 Å². The third kappa shape index (κ3) is 17.1. The molecule has 0 rings (SSSR count). The third-order valence-electron chi connectivity index (χ3n) is 3.55. The van der Waals surface area contributed by atoms with Crippen molar-refractivity contribution in [2.75, 3.05) is 13.2 Å². The molecule has 0 saturated carbocycles. The van der Waals surface area contributed by atoms with Gasteiger partial charge in [0.25, 0.3) is 0 Å². The van der Waals surface area contributed by atoms with E-state index in [0.717, 1.165) is 32.1 Å². The Hall–Kier alpha value is -1.10. The predicted octanol–water partition coefficient (Wildman–Crippen LogP) is 4.73. The van der Waals surface area contributed by atoms with Crippen LogP contribution in [0, 0.1) is 0 Å². The van der Waals surface area contributed by atoms with E-state index in [1.807, 2.05) is 0 Å². The van der Waals surface area contributed by atoms with Crippen molar-refractivity contribution in [3.8, 4) is 0 Å². The molecule has 0 aromatic heterocycles. The number of ether oxygens (including phenoxy) is 1. The number of esters is 1. The fourth-order valence-corrected chi connectivity index (χ4v) is 2.16. The summed E-state index contributed by atoms with van der Waals surface area (Å²) >= 11 is 0. The van der Waals surface area contributed by atoms with Crippen LogP contribution in [0.1, 0.15) is 90.9 Å². The van der Waals surface area contributed by atoms with Gasteiger partial charge in [-0.2, -0.15) is 4.89 Å². The number of hydrogen-bond donors (Lipinski definition) is 0. The van der Waals surface area contributed by atoms with Gasteiger partial charge in [-0.3, -0.25) is 9.68 Å². The Labute approximate surface area is 141 Å². The second-order valence-corrected chi connectivity index (χ2v) is 5.83. The minimum Gasteiger partial charge on any atom is -0.463 e. The molecule has 136 valence electrons. The Morgan fingerprint density at radius 1 is 0.652 bits per heavy atom. The van der Waals surface area contributed by atoms with Crippen molar-refractivity contribution >= 4 is 11.9 Å². The van der Waals surface area contributed by atoms with Crippen LogP contribution in [0.25, 0.3) is 0 Å². The molecule has 0 amide bonds. The zero-order valence-corrected chi connectivity index (χ0v) is 14.9. The van der Waals surface area contributed by atoms with Crippen LogP contribution >= 0.6 is 0 Å². The summed E-state index contributed by atoms with van der Waals surface area (Å²) in [6.45, 7) is 4.52. The minimum atomic E-state index is -0.358. The lowest BCUT2D eigenvalue weighted by Gasteiger charge is -2.06. The largest absolute Gasteiger partial charge is 0.463 e. The van der Waals surface area contributed by atoms with E-state index in [2.05, 4.69) is 18.7 Å². The smallest absolute Gasteiger partial charge is 0.342 e. The van der Waals surface area contributed by atoms with E-state index in [9.17, 15) is 9.59 Å². The van der Waals surface area contributed by atoms with E-state index >= 15 is 0 Å². The normalized spacial score (nSPS) is 10.5. The zero-order valence-electron chi connectivity index (χ0n) is 14.9. The summed E-state index contributed by atoms with van der Waals surface area (Å²) in [7, 11) is 0. The molecule has 0 heterocycles. The lowest BCUT2D eigenvalue weighted by atomic mass is 10.1. The van der Waals surface area contributed by atoms with Gasteiger partial charge >= 0.3 is 11.9 Å². The maximum absolute atomic E-state index is 11.4. The molecule has 0 aliphatic rings. The van der Waals surface area contributed by atoms with Gasteiger partial charge in [0.2, 0.25) is 0 Å². The van der Waals surface area contributed by atoms with Crippen LogP contribution in [0.3, 0.4) is 0 Å². The summed E-state index contributed by atoms with van der Waals surface area (Å²) in [5.74, 6) is -0.573. The molecule has 5 heteroatoms. The molecule has 0 bridgehead atoms. The van der Waals surface area contributed by atoms with Gasteiger partial charge in [0.1, 0.15) is 13.2 Å². The average molecular weight is 330 g/mol. The second kappa shape index (κ2) is 17.3. The molecule has 0 atom stereocenters. The quantitative estimate of drug-likeness (QED) is 0.177. The third-order valence-corrected chi connectivity index (χ3v) is 3.55. The maximum atomic E-state index is 11.4. The molecule has 23 heavy (non-hydrogen) atoms. The van der Waals surface area contributed by atoms with Crippen LogP contribution in [-0.2, 0) is 24.1 Å². The Balaban J connectivity index is 3.30. The summed E-state index contributed by atoms with van der Waals surface area (Å²) in [4.78, 5) is 32.1. The van der Waals surface area contributed by atoms with Crippen molar-refractivity contribution in [1.29, 1.82) is 0 Å². The summed E-state index contributed by atoms with van der Waals surface area (Å²) in [6, 6.07) is 0. The maximum Gasteiger partial charge on any atom is 0.342 e. The SMILES string of the molecule is CCCCCCCC(=O)OCCOOC(=O)CCCCCCC. The van der Waals surface area contributed by atoms with E-state index in [-0.39, 0.29) is 25.2 Å². The first-order valence-electron chi connectivity index (χ1n) is 9.18. The predicted molar refractivity (Wildman–Crippen MR) is 89.8 cm³/mol. The highest BCUT2D eigenvalue weighted by Gasteiger charge is 2.05. The molecule has 0 saturated heterocycles. The van der Waals surface area contributed by atoms with Crippen molar-refractivity contribution in [3.05, 3.63) is 0 Å². The summed E-state index contributed by atoms with van der Waals surface area (Å²) < 4.78 is 5.00. The van der Waals surface area contributed by atoms with Crippen LogP contribution in [0.2, 0.25) is 0 Å². The van der Waals surface area contributed by atoms with Gasteiger partial charge in [-0.1, -0.05) is 65.2 Å². The highest BCUT2D eigenvalue weighted by atomic mass is 17.2. The van der Waals surface area contributed by atoms with E-state index < -0.39 is 0 Å². The van der Waals surface area contributed by atoms with E-state index in [1.54, 1.807) is 0 Å². The van der Waals surface area contributed by atoms with Crippen molar-refractivity contribution in [2.24, 2.45) is 0 Å². The number of carbonyl (C=O) groups is 2. The summed E-state index contributed by atoms with van der Waals surface area (Å²) in [6.07, 6.45) is 11.7. The fourth-order valence-electron chi connectivity index (χ4n) is 2.16. The molecule has 0 spiro atoms. The number of hydrogen-bond acceptors (Lipinski definition) is 5. The minimum absolute atomic E-state index is 0.0865. The molecule has 0 fully saturated rings.